The standard InChI is InChI=1S/C13H13NO6/c1-7-10(19-6-18-2)4-3-8-5-9(14-13(16)17)12(15)20-11(7)8/h3-5,14H,6H2,1-2H3,(H,16,17). The Hall–Kier alpha value is -2.54. The maximum atomic E-state index is 11.7. The van der Waals surface area contributed by atoms with E-state index in [1.807, 2.05) is 5.32 Å². The lowest BCUT2D eigenvalue weighted by atomic mass is 10.1. The molecule has 0 radical (unpaired) electrons. The number of carboxylic acid groups (broad SMARTS) is 1. The molecule has 0 aliphatic heterocycles. The van der Waals surface area contributed by atoms with E-state index in [1.54, 1.807) is 19.1 Å². The van der Waals surface area contributed by atoms with Crippen LogP contribution in [0.4, 0.5) is 10.5 Å². The Balaban J connectivity index is 2.51. The Kier molecular flexibility index (Phi) is 3.90. The second-order valence-corrected chi connectivity index (χ2v) is 4.04. The first-order valence-electron chi connectivity index (χ1n) is 5.72. The third kappa shape index (κ3) is 2.72. The van der Waals surface area contributed by atoms with E-state index < -0.39 is 11.7 Å². The number of amides is 1. The summed E-state index contributed by atoms with van der Waals surface area (Å²) in [4.78, 5) is 22.3. The van der Waals surface area contributed by atoms with Crippen LogP contribution in [0.2, 0.25) is 0 Å². The molecule has 0 fully saturated rings. The lowest BCUT2D eigenvalue weighted by molar-refractivity contribution is 0.0507. The van der Waals surface area contributed by atoms with Crippen molar-refractivity contribution in [1.82, 2.24) is 0 Å². The molecule has 1 amide bonds. The first kappa shape index (κ1) is 13.9. The topological polar surface area (TPSA) is 98.0 Å². The number of hydrogen-bond donors (Lipinski definition) is 2. The van der Waals surface area contributed by atoms with Crippen molar-refractivity contribution in [2.45, 2.75) is 6.92 Å². The van der Waals surface area contributed by atoms with Crippen LogP contribution in [0.3, 0.4) is 0 Å². The summed E-state index contributed by atoms with van der Waals surface area (Å²) in [6.45, 7) is 1.82. The Morgan fingerprint density at radius 2 is 2.20 bits per heavy atom. The van der Waals surface area contributed by atoms with Gasteiger partial charge in [-0.05, 0) is 25.1 Å². The zero-order valence-electron chi connectivity index (χ0n) is 10.9. The average Bonchev–Trinajstić information content (AvgIpc) is 2.39. The lowest BCUT2D eigenvalue weighted by Crippen LogP contribution is -2.15. The van der Waals surface area contributed by atoms with Crippen LogP contribution in [-0.4, -0.2) is 25.1 Å². The first-order chi connectivity index (χ1) is 9.52. The summed E-state index contributed by atoms with van der Waals surface area (Å²) in [6.07, 6.45) is -1.33. The molecule has 0 saturated carbocycles. The van der Waals surface area contributed by atoms with Crippen LogP contribution >= 0.6 is 0 Å². The van der Waals surface area contributed by atoms with Gasteiger partial charge in [-0.2, -0.15) is 0 Å². The fourth-order valence-corrected chi connectivity index (χ4v) is 1.79. The highest BCUT2D eigenvalue weighted by Gasteiger charge is 2.12. The lowest BCUT2D eigenvalue weighted by Gasteiger charge is -2.10. The molecule has 2 aromatic rings. The molecular weight excluding hydrogens is 266 g/mol. The normalized spacial score (nSPS) is 10.5. The third-order valence-electron chi connectivity index (χ3n) is 2.68. The molecule has 2 rings (SSSR count). The minimum Gasteiger partial charge on any atom is -0.467 e. The van der Waals surface area contributed by atoms with E-state index in [4.69, 9.17) is 19.0 Å². The number of benzene rings is 1. The van der Waals surface area contributed by atoms with Gasteiger partial charge in [-0.15, -0.1) is 0 Å². The molecule has 0 aliphatic rings. The van der Waals surface area contributed by atoms with Gasteiger partial charge in [0, 0.05) is 18.1 Å². The highest BCUT2D eigenvalue weighted by atomic mass is 16.7. The average molecular weight is 279 g/mol. The number of fused-ring (bicyclic) bond motifs is 1. The smallest absolute Gasteiger partial charge is 0.409 e. The van der Waals surface area contributed by atoms with Crippen molar-refractivity contribution in [3.05, 3.63) is 34.2 Å². The van der Waals surface area contributed by atoms with Crippen molar-refractivity contribution in [3.63, 3.8) is 0 Å². The van der Waals surface area contributed by atoms with E-state index >= 15 is 0 Å². The number of ether oxygens (including phenoxy) is 2. The van der Waals surface area contributed by atoms with Gasteiger partial charge >= 0.3 is 11.7 Å². The van der Waals surface area contributed by atoms with E-state index in [-0.39, 0.29) is 12.5 Å². The van der Waals surface area contributed by atoms with Crippen LogP contribution in [0.5, 0.6) is 5.75 Å². The predicted octanol–water partition coefficient (Wildman–Crippen LogP) is 2.17. The highest BCUT2D eigenvalue weighted by molar-refractivity contribution is 5.88. The summed E-state index contributed by atoms with van der Waals surface area (Å²) in [7, 11) is 1.50. The molecule has 106 valence electrons. The molecule has 1 aromatic heterocycles. The molecule has 0 unspecified atom stereocenters. The summed E-state index contributed by atoms with van der Waals surface area (Å²) in [5, 5.41) is 11.2. The van der Waals surface area contributed by atoms with Crippen molar-refractivity contribution in [1.29, 1.82) is 0 Å². The quantitative estimate of drug-likeness (QED) is 0.657. The van der Waals surface area contributed by atoms with Gasteiger partial charge in [-0.1, -0.05) is 0 Å². The van der Waals surface area contributed by atoms with Crippen LogP contribution in [-0.2, 0) is 4.74 Å². The first-order valence-corrected chi connectivity index (χ1v) is 5.72. The molecule has 7 heteroatoms. The number of nitrogens with one attached hydrogen (secondary N) is 1. The van der Waals surface area contributed by atoms with E-state index in [9.17, 15) is 9.59 Å². The van der Waals surface area contributed by atoms with Gasteiger partial charge in [0.25, 0.3) is 0 Å². The number of carbonyl (C=O) groups is 1. The molecule has 0 bridgehead atoms. The predicted molar refractivity (Wildman–Crippen MR) is 71.4 cm³/mol. The zero-order chi connectivity index (χ0) is 14.7. The minimum atomic E-state index is -1.33. The minimum absolute atomic E-state index is 0.0786. The van der Waals surface area contributed by atoms with Crippen LogP contribution in [0.25, 0.3) is 11.0 Å². The molecule has 0 atom stereocenters. The number of rotatable bonds is 4. The van der Waals surface area contributed by atoms with Crippen molar-refractivity contribution in [3.8, 4) is 5.75 Å². The maximum Gasteiger partial charge on any atom is 0.409 e. The van der Waals surface area contributed by atoms with E-state index in [1.165, 1.54) is 13.2 Å². The van der Waals surface area contributed by atoms with Gasteiger partial charge < -0.3 is 19.0 Å². The van der Waals surface area contributed by atoms with Crippen LogP contribution in [0.15, 0.2) is 27.4 Å². The van der Waals surface area contributed by atoms with Gasteiger partial charge in [-0.3, -0.25) is 5.32 Å². The molecular formula is C13H13NO6. The molecule has 20 heavy (non-hydrogen) atoms. The SMILES string of the molecule is COCOc1ccc2cc(NC(=O)O)c(=O)oc2c1C. The van der Waals surface area contributed by atoms with Gasteiger partial charge in [0.2, 0.25) is 0 Å². The van der Waals surface area contributed by atoms with Crippen molar-refractivity contribution in [2.24, 2.45) is 0 Å². The number of methoxy groups -OCH3 is 1. The van der Waals surface area contributed by atoms with Crippen LogP contribution < -0.4 is 15.7 Å². The molecule has 7 nitrogen and oxygen atoms in total. The zero-order valence-corrected chi connectivity index (χ0v) is 10.9. The van der Waals surface area contributed by atoms with Crippen LogP contribution in [0.1, 0.15) is 5.56 Å². The summed E-state index contributed by atoms with van der Waals surface area (Å²) < 4.78 is 15.3. The maximum absolute atomic E-state index is 11.7. The second-order valence-electron chi connectivity index (χ2n) is 4.04. The summed E-state index contributed by atoms with van der Waals surface area (Å²) in [5.41, 5.74) is 0.0971. The summed E-state index contributed by atoms with van der Waals surface area (Å²) in [5.74, 6) is 0.529. The molecule has 1 aromatic carbocycles. The number of hydrogen-bond acceptors (Lipinski definition) is 5. The van der Waals surface area contributed by atoms with E-state index in [0.29, 0.717) is 22.3 Å². The van der Waals surface area contributed by atoms with Crippen molar-refractivity contribution < 1.29 is 23.8 Å². The van der Waals surface area contributed by atoms with Crippen molar-refractivity contribution in [2.75, 3.05) is 19.2 Å². The Bertz CT molecular complexity index is 706. The van der Waals surface area contributed by atoms with E-state index in [2.05, 4.69) is 0 Å². The van der Waals surface area contributed by atoms with Gasteiger partial charge in [0.05, 0.1) is 0 Å². The molecule has 0 saturated heterocycles. The number of anilines is 1. The monoisotopic (exact) mass is 279 g/mol. The van der Waals surface area contributed by atoms with Gasteiger partial charge in [0.1, 0.15) is 17.0 Å². The molecule has 0 aliphatic carbocycles. The van der Waals surface area contributed by atoms with Crippen LogP contribution in [0, 0.1) is 6.92 Å². The van der Waals surface area contributed by atoms with E-state index in [0.717, 1.165) is 0 Å². The fourth-order valence-electron chi connectivity index (χ4n) is 1.79. The second kappa shape index (κ2) is 5.62. The molecule has 1 heterocycles. The molecule has 0 spiro atoms. The summed E-state index contributed by atoms with van der Waals surface area (Å²) in [6, 6.07) is 4.78. The Morgan fingerprint density at radius 1 is 1.45 bits per heavy atom. The fraction of sp³-hybridized carbons (Fsp3) is 0.231. The number of aryl methyl sites for hydroxylation is 1. The van der Waals surface area contributed by atoms with Crippen molar-refractivity contribution >= 4 is 22.7 Å². The Labute approximate surface area is 113 Å². The van der Waals surface area contributed by atoms with Gasteiger partial charge in [-0.25, -0.2) is 9.59 Å². The Morgan fingerprint density at radius 3 is 2.85 bits per heavy atom. The third-order valence-corrected chi connectivity index (χ3v) is 2.68. The van der Waals surface area contributed by atoms with Gasteiger partial charge in [0.15, 0.2) is 6.79 Å². The highest BCUT2D eigenvalue weighted by Crippen LogP contribution is 2.27. The molecule has 2 N–H and O–H groups in total. The largest absolute Gasteiger partial charge is 0.467 e. The summed E-state index contributed by atoms with van der Waals surface area (Å²) >= 11 is 0.